The maximum Gasteiger partial charge on any atom is 0.255 e. The van der Waals surface area contributed by atoms with Gasteiger partial charge in [-0.25, -0.2) is 8.78 Å². The minimum Gasteiger partial charge on any atom is -0.389 e. The van der Waals surface area contributed by atoms with Crippen molar-refractivity contribution in [3.63, 3.8) is 0 Å². The van der Waals surface area contributed by atoms with Crippen molar-refractivity contribution in [2.45, 2.75) is 64.0 Å². The van der Waals surface area contributed by atoms with E-state index in [4.69, 9.17) is 0 Å². The molecule has 0 unspecified atom stereocenters. The highest BCUT2D eigenvalue weighted by Crippen LogP contribution is 2.33. The number of rotatable bonds is 5. The first-order valence-electron chi connectivity index (χ1n) is 6.14. The molecule has 17 heavy (non-hydrogen) atoms. The molecule has 0 saturated heterocycles. The molecule has 1 saturated carbocycles. The maximum atomic E-state index is 12.4. The van der Waals surface area contributed by atoms with E-state index in [0.717, 1.165) is 17.7 Å². The summed E-state index contributed by atoms with van der Waals surface area (Å²) >= 11 is 0. The van der Waals surface area contributed by atoms with Crippen molar-refractivity contribution in [2.75, 3.05) is 6.54 Å². The highest BCUT2D eigenvalue weighted by Gasteiger charge is 2.35. The van der Waals surface area contributed by atoms with Gasteiger partial charge < -0.3 is 10.0 Å². The number of carbonyl (C=O) groups is 1. The van der Waals surface area contributed by atoms with Crippen LogP contribution in [0.15, 0.2) is 0 Å². The monoisotopic (exact) mass is 249 g/mol. The van der Waals surface area contributed by atoms with Crippen LogP contribution in [-0.4, -0.2) is 40.5 Å². The van der Waals surface area contributed by atoms with E-state index in [-0.39, 0.29) is 18.4 Å². The average Bonchev–Trinajstić information content (AvgIpc) is 2.60. The summed E-state index contributed by atoms with van der Waals surface area (Å²) < 4.78 is 24.7. The first-order chi connectivity index (χ1) is 7.84. The normalized spacial score (nSPS) is 19.0. The van der Waals surface area contributed by atoms with E-state index in [1.54, 1.807) is 13.8 Å². The van der Waals surface area contributed by atoms with E-state index in [1.165, 1.54) is 0 Å². The minimum atomic E-state index is -2.53. The van der Waals surface area contributed by atoms with E-state index in [2.05, 4.69) is 0 Å². The highest BCUT2D eigenvalue weighted by atomic mass is 19.3. The van der Waals surface area contributed by atoms with Crippen LogP contribution in [0.1, 0.15) is 46.0 Å². The van der Waals surface area contributed by atoms with Gasteiger partial charge in [-0.3, -0.25) is 4.79 Å². The van der Waals surface area contributed by atoms with Gasteiger partial charge in [-0.05, 0) is 26.7 Å². The molecule has 0 radical (unpaired) electrons. The quantitative estimate of drug-likeness (QED) is 0.811. The van der Waals surface area contributed by atoms with E-state index in [9.17, 15) is 18.7 Å². The number of nitrogens with zero attached hydrogens (tertiary/aromatic N) is 1. The van der Waals surface area contributed by atoms with Crippen LogP contribution in [0.5, 0.6) is 0 Å². The molecule has 0 aliphatic heterocycles. The summed E-state index contributed by atoms with van der Waals surface area (Å²) in [4.78, 5) is 13.1. The predicted octanol–water partition coefficient (Wildman–Crippen LogP) is 2.18. The zero-order valence-electron chi connectivity index (χ0n) is 10.5. The summed E-state index contributed by atoms with van der Waals surface area (Å²) in [5, 5.41) is 10.1. The molecule has 1 N–H and O–H groups in total. The van der Waals surface area contributed by atoms with Crippen LogP contribution >= 0.6 is 0 Å². The second kappa shape index (κ2) is 5.76. The second-order valence-electron chi connectivity index (χ2n) is 5.14. The van der Waals surface area contributed by atoms with Crippen molar-refractivity contribution < 1.29 is 18.7 Å². The summed E-state index contributed by atoms with van der Waals surface area (Å²) in [5.41, 5.74) is -0.966. The summed E-state index contributed by atoms with van der Waals surface area (Å²) in [5.74, 6) is -0.371. The molecule has 0 bridgehead atoms. The molecule has 100 valence electrons. The number of hydrogen-bond acceptors (Lipinski definition) is 2. The molecule has 1 rings (SSSR count). The molecule has 1 amide bonds. The maximum absolute atomic E-state index is 12.4. The third kappa shape index (κ3) is 4.22. The third-order valence-electron chi connectivity index (χ3n) is 3.29. The highest BCUT2D eigenvalue weighted by molar-refractivity contribution is 5.77. The zero-order chi connectivity index (χ0) is 13.1. The van der Waals surface area contributed by atoms with Crippen LogP contribution < -0.4 is 0 Å². The van der Waals surface area contributed by atoms with Gasteiger partial charge in [0.05, 0.1) is 18.6 Å². The summed E-state index contributed by atoms with van der Waals surface area (Å²) in [6.45, 7) is 2.87. The Kier molecular flexibility index (Phi) is 4.86. The standard InChI is InChI=1S/C12H21F2NO2/c1-9(2)15(8-10(13)14)11(16)7-12(17)5-3-4-6-12/h9-10,17H,3-8H2,1-2H3. The Morgan fingerprint density at radius 3 is 2.29 bits per heavy atom. The van der Waals surface area contributed by atoms with Gasteiger partial charge in [0.15, 0.2) is 0 Å². The average molecular weight is 249 g/mol. The number of hydrogen-bond donors (Lipinski definition) is 1. The first-order valence-corrected chi connectivity index (χ1v) is 6.14. The molecule has 0 spiro atoms. The van der Waals surface area contributed by atoms with E-state index < -0.39 is 18.6 Å². The lowest BCUT2D eigenvalue weighted by atomic mass is 9.97. The molecule has 1 aliphatic rings. The van der Waals surface area contributed by atoms with Crippen LogP contribution in [0.3, 0.4) is 0 Å². The van der Waals surface area contributed by atoms with Gasteiger partial charge in [0.1, 0.15) is 0 Å². The topological polar surface area (TPSA) is 40.5 Å². The Morgan fingerprint density at radius 1 is 1.35 bits per heavy atom. The Morgan fingerprint density at radius 2 is 1.88 bits per heavy atom. The molecular formula is C12H21F2NO2. The number of carbonyl (C=O) groups excluding carboxylic acids is 1. The largest absolute Gasteiger partial charge is 0.389 e. The molecule has 0 atom stereocenters. The molecule has 0 heterocycles. The number of halogens is 2. The van der Waals surface area contributed by atoms with Gasteiger partial charge in [-0.1, -0.05) is 12.8 Å². The van der Waals surface area contributed by atoms with Crippen LogP contribution in [0.2, 0.25) is 0 Å². The van der Waals surface area contributed by atoms with Crippen molar-refractivity contribution in [3.05, 3.63) is 0 Å². The van der Waals surface area contributed by atoms with Gasteiger partial charge in [0, 0.05) is 6.04 Å². The van der Waals surface area contributed by atoms with E-state index in [1.807, 2.05) is 0 Å². The smallest absolute Gasteiger partial charge is 0.255 e. The van der Waals surface area contributed by atoms with Crippen LogP contribution in [-0.2, 0) is 4.79 Å². The molecule has 3 nitrogen and oxygen atoms in total. The third-order valence-corrected chi connectivity index (χ3v) is 3.29. The minimum absolute atomic E-state index is 0.0299. The van der Waals surface area contributed by atoms with Crippen LogP contribution in [0.4, 0.5) is 8.78 Å². The fourth-order valence-corrected chi connectivity index (χ4v) is 2.34. The number of alkyl halides is 2. The lowest BCUT2D eigenvalue weighted by molar-refractivity contribution is -0.140. The fourth-order valence-electron chi connectivity index (χ4n) is 2.34. The van der Waals surface area contributed by atoms with Crippen molar-refractivity contribution in [2.24, 2.45) is 0 Å². The van der Waals surface area contributed by atoms with Crippen molar-refractivity contribution in [3.8, 4) is 0 Å². The molecule has 0 aromatic heterocycles. The van der Waals surface area contributed by atoms with Gasteiger partial charge >= 0.3 is 0 Å². The van der Waals surface area contributed by atoms with Gasteiger partial charge in [0.25, 0.3) is 6.43 Å². The van der Waals surface area contributed by atoms with Gasteiger partial charge in [-0.2, -0.15) is 0 Å². The Balaban J connectivity index is 2.58. The second-order valence-corrected chi connectivity index (χ2v) is 5.14. The molecule has 5 heteroatoms. The fraction of sp³-hybridized carbons (Fsp3) is 0.917. The molecule has 0 aromatic carbocycles. The number of aliphatic hydroxyl groups is 1. The van der Waals surface area contributed by atoms with Crippen LogP contribution in [0, 0.1) is 0 Å². The lowest BCUT2D eigenvalue weighted by Gasteiger charge is -2.30. The number of amides is 1. The molecule has 1 aliphatic carbocycles. The lowest BCUT2D eigenvalue weighted by Crippen LogP contribution is -2.43. The Labute approximate surface area is 101 Å². The van der Waals surface area contributed by atoms with E-state index in [0.29, 0.717) is 12.8 Å². The van der Waals surface area contributed by atoms with Gasteiger partial charge in [-0.15, -0.1) is 0 Å². The summed E-state index contributed by atoms with van der Waals surface area (Å²) in [7, 11) is 0. The van der Waals surface area contributed by atoms with Gasteiger partial charge in [0.2, 0.25) is 5.91 Å². The zero-order valence-corrected chi connectivity index (χ0v) is 10.5. The van der Waals surface area contributed by atoms with Crippen molar-refractivity contribution in [1.29, 1.82) is 0 Å². The first kappa shape index (κ1) is 14.4. The van der Waals surface area contributed by atoms with Crippen LogP contribution in [0.25, 0.3) is 0 Å². The SMILES string of the molecule is CC(C)N(CC(F)F)C(=O)CC1(O)CCCC1. The van der Waals surface area contributed by atoms with E-state index >= 15 is 0 Å². The Bertz CT molecular complexity index is 263. The summed E-state index contributed by atoms with van der Waals surface area (Å²) in [6, 6.07) is -0.262. The Hall–Kier alpha value is -0.710. The molecule has 1 fully saturated rings. The molecular weight excluding hydrogens is 228 g/mol. The predicted molar refractivity (Wildman–Crippen MR) is 60.9 cm³/mol. The summed E-state index contributed by atoms with van der Waals surface area (Å²) in [6.07, 6.45) is 0.441. The van der Waals surface area contributed by atoms with Crippen molar-refractivity contribution in [1.82, 2.24) is 4.90 Å². The molecule has 0 aromatic rings. The van der Waals surface area contributed by atoms with Crippen molar-refractivity contribution >= 4 is 5.91 Å².